The Bertz CT molecular complexity index is 2320. The van der Waals surface area contributed by atoms with Gasteiger partial charge in [0.05, 0.1) is 70.0 Å². The molecular formula is C39H47N5O12S. The van der Waals surface area contributed by atoms with E-state index in [1.165, 1.54) is 6.92 Å². The van der Waals surface area contributed by atoms with Crippen molar-refractivity contribution < 1.29 is 51.3 Å². The molecule has 17 nitrogen and oxygen atoms in total. The maximum Gasteiger partial charge on any atom is 0.509 e. The summed E-state index contributed by atoms with van der Waals surface area (Å²) >= 11 is 0. The third kappa shape index (κ3) is 8.60. The van der Waals surface area contributed by atoms with Gasteiger partial charge in [0.1, 0.15) is 18.8 Å². The molecule has 0 saturated heterocycles. The van der Waals surface area contributed by atoms with Crippen LogP contribution in [0.15, 0.2) is 34.1 Å². The maximum atomic E-state index is 14.2. The molecule has 2 aromatic heterocycles. The number of alkyl carbamates (subject to hydrolysis) is 1. The third-order valence-electron chi connectivity index (χ3n) is 9.77. The lowest BCUT2D eigenvalue weighted by Crippen LogP contribution is -2.47. The number of nitrogens with one attached hydrogen (secondary N) is 1. The minimum Gasteiger partial charge on any atom is -0.457 e. The number of hydrogen-bond donors (Lipinski definition) is 1. The minimum absolute atomic E-state index is 0.131. The van der Waals surface area contributed by atoms with E-state index in [2.05, 4.69) is 22.1 Å². The first-order valence-corrected chi connectivity index (χ1v) is 20.8. The second-order valence-corrected chi connectivity index (χ2v) is 17.4. The van der Waals surface area contributed by atoms with E-state index < -0.39 is 81.5 Å². The van der Waals surface area contributed by atoms with Crippen LogP contribution in [-0.2, 0) is 61.9 Å². The van der Waals surface area contributed by atoms with Crippen molar-refractivity contribution in [3.63, 3.8) is 0 Å². The first kappa shape index (κ1) is 41.1. The van der Waals surface area contributed by atoms with E-state index in [9.17, 15) is 32.4 Å². The molecule has 0 radical (unpaired) electrons. The number of esters is 2. The van der Waals surface area contributed by atoms with Gasteiger partial charge in [-0.1, -0.05) is 32.8 Å². The fourth-order valence-electron chi connectivity index (χ4n) is 7.08. The van der Waals surface area contributed by atoms with Crippen molar-refractivity contribution in [3.05, 3.63) is 51.3 Å². The molecule has 3 aliphatic heterocycles. The van der Waals surface area contributed by atoms with E-state index in [1.807, 2.05) is 24.5 Å². The normalized spacial score (nSPS) is 17.2. The standard InChI is InChI=1S/C39H47N5O12S/c1-7-9-10-15-43-22-40-27-12-11-13-28-31(27)33(43)24-20-44-29(32(24)42-28)19-26-25(34(44)46)21-53-35(47)39(26,8-2)56-37(49)52-16-18-57(50,51)17-14-30(45)54-23(3)41-36(48)55-38(4,5)6/h11-13,19,22-23H,7-10,14-18,20-21H2,1-6H3,(H,41,48)/t23-,39+/m1/s1. The van der Waals surface area contributed by atoms with Crippen molar-refractivity contribution >= 4 is 62.6 Å². The quantitative estimate of drug-likeness (QED) is 0.0758. The minimum atomic E-state index is -3.94. The molecule has 2 atom stereocenters. The lowest BCUT2D eigenvalue weighted by atomic mass is 9.85. The van der Waals surface area contributed by atoms with Crippen molar-refractivity contribution in [2.45, 2.75) is 104 Å². The van der Waals surface area contributed by atoms with Gasteiger partial charge >= 0.3 is 24.2 Å². The summed E-state index contributed by atoms with van der Waals surface area (Å²) in [6.07, 6.45) is 0.908. The van der Waals surface area contributed by atoms with Gasteiger partial charge < -0.3 is 33.2 Å². The fourth-order valence-corrected chi connectivity index (χ4v) is 8.10. The summed E-state index contributed by atoms with van der Waals surface area (Å²) < 4.78 is 53.3. The zero-order chi connectivity index (χ0) is 41.3. The van der Waals surface area contributed by atoms with Crippen LogP contribution in [0.25, 0.3) is 22.3 Å². The number of amides is 1. The van der Waals surface area contributed by atoms with Crippen LogP contribution in [0.2, 0.25) is 0 Å². The summed E-state index contributed by atoms with van der Waals surface area (Å²) in [5.74, 6) is -3.11. The topological polar surface area (TPSA) is 211 Å². The van der Waals surface area contributed by atoms with Crippen LogP contribution in [0, 0.1) is 0 Å². The van der Waals surface area contributed by atoms with Gasteiger partial charge in [-0.05, 0) is 58.7 Å². The maximum absolute atomic E-state index is 14.2. The molecule has 0 spiro atoms. The number of aliphatic imine (C=N–C) groups is 1. The van der Waals surface area contributed by atoms with E-state index in [-0.39, 0.29) is 30.7 Å². The number of rotatable bonds is 14. The number of anilines is 1. The molecule has 0 fully saturated rings. The molecule has 306 valence electrons. The molecule has 1 N–H and O–H groups in total. The molecule has 0 bridgehead atoms. The van der Waals surface area contributed by atoms with Gasteiger partial charge in [-0.15, -0.1) is 0 Å². The average molecular weight is 810 g/mol. The van der Waals surface area contributed by atoms with Crippen molar-refractivity contribution in [2.24, 2.45) is 4.99 Å². The van der Waals surface area contributed by atoms with E-state index in [4.69, 9.17) is 28.7 Å². The Balaban J connectivity index is 1.17. The number of sulfone groups is 1. The highest BCUT2D eigenvalue weighted by Crippen LogP contribution is 2.47. The Morgan fingerprint density at radius 2 is 1.86 bits per heavy atom. The molecule has 1 aromatic carbocycles. The Morgan fingerprint density at radius 1 is 1.09 bits per heavy atom. The second-order valence-electron chi connectivity index (χ2n) is 15.1. The van der Waals surface area contributed by atoms with Crippen LogP contribution in [0.5, 0.6) is 0 Å². The van der Waals surface area contributed by atoms with E-state index in [0.29, 0.717) is 16.9 Å². The molecule has 6 rings (SSSR count). The predicted octanol–water partition coefficient (Wildman–Crippen LogP) is 5.13. The van der Waals surface area contributed by atoms with E-state index in [1.54, 1.807) is 38.3 Å². The summed E-state index contributed by atoms with van der Waals surface area (Å²) in [5.41, 5.74) is 1.19. The van der Waals surface area contributed by atoms with Crippen LogP contribution in [0.1, 0.15) is 90.3 Å². The van der Waals surface area contributed by atoms with Crippen LogP contribution in [0.3, 0.4) is 0 Å². The summed E-state index contributed by atoms with van der Waals surface area (Å²) in [7, 11) is -3.94. The van der Waals surface area contributed by atoms with Gasteiger partial charge in [0.25, 0.3) is 5.56 Å². The number of carbonyl (C=O) groups is 4. The number of benzene rings is 1. The molecule has 57 heavy (non-hydrogen) atoms. The highest BCUT2D eigenvalue weighted by Gasteiger charge is 2.51. The van der Waals surface area contributed by atoms with Crippen LogP contribution in [0.4, 0.5) is 21.0 Å². The third-order valence-corrected chi connectivity index (χ3v) is 11.4. The zero-order valence-corrected chi connectivity index (χ0v) is 33.7. The number of unbranched alkanes of at least 4 members (excludes halogenated alkanes) is 2. The largest absolute Gasteiger partial charge is 0.509 e. The van der Waals surface area contributed by atoms with Crippen molar-refractivity contribution in [1.82, 2.24) is 14.9 Å². The smallest absolute Gasteiger partial charge is 0.457 e. The lowest BCUT2D eigenvalue weighted by molar-refractivity contribution is -0.175. The van der Waals surface area contributed by atoms with Crippen molar-refractivity contribution in [3.8, 4) is 11.4 Å². The van der Waals surface area contributed by atoms with Crippen molar-refractivity contribution in [1.29, 1.82) is 0 Å². The Kier molecular flexibility index (Phi) is 11.7. The van der Waals surface area contributed by atoms with Gasteiger partial charge in [-0.3, -0.25) is 14.9 Å². The Labute approximate surface area is 329 Å². The zero-order valence-electron chi connectivity index (χ0n) is 32.8. The molecule has 18 heteroatoms. The van der Waals surface area contributed by atoms with E-state index in [0.717, 1.165) is 48.1 Å². The summed E-state index contributed by atoms with van der Waals surface area (Å²) in [4.78, 5) is 76.7. The first-order valence-electron chi connectivity index (χ1n) is 18.9. The molecule has 3 aromatic rings. The SMILES string of the molecule is CCCCCN1C=Nc2cccc3nc4c(c1c23)Cn1c-4cc2c(c1=O)COC(=O)[C@@]2(CC)OC(=O)OCCS(=O)(=O)CCC(=O)O[C@H](C)NC(=O)OC(C)(C)C. The molecule has 0 unspecified atom stereocenters. The van der Waals surface area contributed by atoms with Crippen LogP contribution in [-0.4, -0.2) is 85.0 Å². The van der Waals surface area contributed by atoms with Crippen molar-refractivity contribution in [2.75, 3.05) is 29.6 Å². The number of carbonyl (C=O) groups excluding carboxylic acids is 4. The fraction of sp³-hybridized carbons (Fsp3) is 0.513. The monoisotopic (exact) mass is 809 g/mol. The number of pyridine rings is 2. The number of hydrogen-bond acceptors (Lipinski definition) is 15. The Hall–Kier alpha value is -5.52. The highest BCUT2D eigenvalue weighted by molar-refractivity contribution is 7.91. The van der Waals surface area contributed by atoms with Gasteiger partial charge in [-0.2, -0.15) is 0 Å². The second kappa shape index (κ2) is 16.1. The molecule has 3 aliphatic rings. The summed E-state index contributed by atoms with van der Waals surface area (Å²) in [5, 5.41) is 3.21. The molecular weight excluding hydrogens is 763 g/mol. The van der Waals surface area contributed by atoms with Gasteiger partial charge in [0.2, 0.25) is 5.60 Å². The first-order chi connectivity index (χ1) is 27.0. The average Bonchev–Trinajstić information content (AvgIpc) is 3.50. The number of nitrogens with zero attached hydrogens (tertiary/aromatic N) is 4. The highest BCUT2D eigenvalue weighted by atomic mass is 32.2. The van der Waals surface area contributed by atoms with Crippen LogP contribution >= 0.6 is 0 Å². The van der Waals surface area contributed by atoms with Gasteiger partial charge in [0.15, 0.2) is 16.1 Å². The van der Waals surface area contributed by atoms with Gasteiger partial charge in [-0.25, -0.2) is 32.8 Å². The number of aromatic nitrogens is 2. The summed E-state index contributed by atoms with van der Waals surface area (Å²) in [6, 6.07) is 7.32. The molecule has 1 amide bonds. The summed E-state index contributed by atoms with van der Waals surface area (Å²) in [6.45, 7) is 10.0. The Morgan fingerprint density at radius 3 is 2.58 bits per heavy atom. The molecule has 5 heterocycles. The number of fused-ring (bicyclic) bond motifs is 5. The lowest BCUT2D eigenvalue weighted by Gasteiger charge is -2.35. The predicted molar refractivity (Wildman–Crippen MR) is 208 cm³/mol. The molecule has 0 saturated carbocycles. The number of cyclic esters (lactones) is 1. The van der Waals surface area contributed by atoms with Gasteiger partial charge in [0, 0.05) is 17.7 Å². The molecule has 0 aliphatic carbocycles. The number of ether oxygens (including phenoxy) is 5. The van der Waals surface area contributed by atoms with Crippen LogP contribution < -0.4 is 15.8 Å². The van der Waals surface area contributed by atoms with E-state index >= 15 is 0 Å².